The molecule has 33 heavy (non-hydrogen) atoms. The summed E-state index contributed by atoms with van der Waals surface area (Å²) in [5.74, 6) is -3.30. The highest BCUT2D eigenvalue weighted by Crippen LogP contribution is 2.29. The number of hydrogen-bond acceptors (Lipinski definition) is 7. The summed E-state index contributed by atoms with van der Waals surface area (Å²) in [7, 11) is -3.26. The number of sulfonamides is 1. The van der Waals surface area contributed by atoms with Crippen LogP contribution in [0.25, 0.3) is 0 Å². The number of carbonyl (C=O) groups is 3. The maximum absolute atomic E-state index is 12.9. The van der Waals surface area contributed by atoms with Gasteiger partial charge in [0, 0.05) is 0 Å². The van der Waals surface area contributed by atoms with E-state index in [0.717, 1.165) is 13.2 Å². The highest BCUT2D eigenvalue weighted by atomic mass is 32.2. The topological polar surface area (TPSA) is 156 Å². The van der Waals surface area contributed by atoms with Crippen LogP contribution < -0.4 is 9.46 Å². The molecule has 170 valence electrons. The lowest BCUT2D eigenvalue weighted by molar-refractivity contribution is 0.0594. The number of anilines is 1. The van der Waals surface area contributed by atoms with E-state index in [1.807, 2.05) is 0 Å². The van der Waals surface area contributed by atoms with Crippen LogP contribution in [0.3, 0.4) is 0 Å². The van der Waals surface area contributed by atoms with Gasteiger partial charge in [-0.3, -0.25) is 4.72 Å². The minimum Gasteiger partial charge on any atom is -0.478 e. The molecule has 0 unspecified atom stereocenters. The summed E-state index contributed by atoms with van der Waals surface area (Å²) in [6, 6.07) is 14.4. The Morgan fingerprint density at radius 3 is 2.18 bits per heavy atom. The summed E-state index contributed by atoms with van der Waals surface area (Å²) in [6.45, 7) is 0. The summed E-state index contributed by atoms with van der Waals surface area (Å²) >= 11 is 0. The van der Waals surface area contributed by atoms with E-state index in [-0.39, 0.29) is 33.2 Å². The van der Waals surface area contributed by atoms with Crippen molar-refractivity contribution in [2.75, 3.05) is 11.8 Å². The number of carbonyl (C=O) groups excluding carboxylic acids is 1. The van der Waals surface area contributed by atoms with E-state index in [9.17, 15) is 27.9 Å². The Morgan fingerprint density at radius 1 is 0.818 bits per heavy atom. The first-order valence-electron chi connectivity index (χ1n) is 9.21. The molecule has 0 aliphatic rings. The van der Waals surface area contributed by atoms with Gasteiger partial charge in [-0.05, 0) is 48.5 Å². The van der Waals surface area contributed by atoms with Gasteiger partial charge < -0.3 is 19.7 Å². The van der Waals surface area contributed by atoms with Crippen molar-refractivity contribution in [3.63, 3.8) is 0 Å². The Morgan fingerprint density at radius 2 is 1.52 bits per heavy atom. The van der Waals surface area contributed by atoms with Gasteiger partial charge in [0.05, 0.1) is 29.5 Å². The van der Waals surface area contributed by atoms with Crippen molar-refractivity contribution in [1.82, 2.24) is 0 Å². The predicted molar refractivity (Wildman–Crippen MR) is 115 cm³/mol. The highest BCUT2D eigenvalue weighted by Gasteiger charge is 2.25. The average Bonchev–Trinajstić information content (AvgIpc) is 2.79. The van der Waals surface area contributed by atoms with Crippen LogP contribution in [0.2, 0.25) is 0 Å². The van der Waals surface area contributed by atoms with Crippen molar-refractivity contribution < 1.29 is 42.5 Å². The number of ether oxygens (including phenoxy) is 2. The Balaban J connectivity index is 1.95. The first kappa shape index (κ1) is 23.3. The summed E-state index contributed by atoms with van der Waals surface area (Å²) in [5, 5.41) is 18.7. The van der Waals surface area contributed by atoms with Crippen molar-refractivity contribution in [3.05, 3.63) is 83.4 Å². The molecular formula is C22H17NO9S. The van der Waals surface area contributed by atoms with Crippen LogP contribution in [0.4, 0.5) is 5.69 Å². The molecule has 3 rings (SSSR count). The molecule has 0 saturated carbocycles. The molecule has 3 aromatic rings. The van der Waals surface area contributed by atoms with Crippen molar-refractivity contribution in [2.24, 2.45) is 0 Å². The third-order valence-electron chi connectivity index (χ3n) is 4.36. The second-order valence-electron chi connectivity index (χ2n) is 6.54. The molecule has 3 aromatic carbocycles. The molecular weight excluding hydrogens is 454 g/mol. The fraction of sp³-hybridized carbons (Fsp3) is 0.0455. The normalized spacial score (nSPS) is 10.8. The van der Waals surface area contributed by atoms with Crippen LogP contribution >= 0.6 is 0 Å². The van der Waals surface area contributed by atoms with Crippen molar-refractivity contribution in [1.29, 1.82) is 0 Å². The number of rotatable bonds is 8. The van der Waals surface area contributed by atoms with Gasteiger partial charge in [-0.15, -0.1) is 0 Å². The standard InChI is InChI=1S/C22H17NO9S/c1-31-22(28)16-7-2-3-8-19(16)33(29,30)23-18-10-9-15(12-17(18)21(26)27)32-14-6-4-5-13(11-14)20(24)25/h2-12,23H,1H3,(H,24,25)(H,26,27). The monoisotopic (exact) mass is 471 g/mol. The Hall–Kier alpha value is -4.38. The van der Waals surface area contributed by atoms with E-state index < -0.39 is 33.5 Å². The zero-order valence-corrected chi connectivity index (χ0v) is 17.8. The van der Waals surface area contributed by atoms with Crippen LogP contribution in [0, 0.1) is 0 Å². The van der Waals surface area contributed by atoms with E-state index in [0.29, 0.717) is 0 Å². The molecule has 0 bridgehead atoms. The Bertz CT molecular complexity index is 1350. The van der Waals surface area contributed by atoms with Gasteiger partial charge in [0.1, 0.15) is 16.4 Å². The van der Waals surface area contributed by atoms with E-state index in [2.05, 4.69) is 9.46 Å². The molecule has 10 nitrogen and oxygen atoms in total. The van der Waals surface area contributed by atoms with E-state index in [1.165, 1.54) is 60.7 Å². The molecule has 3 N–H and O–H groups in total. The summed E-state index contributed by atoms with van der Waals surface area (Å²) in [6.07, 6.45) is 0. The lowest BCUT2D eigenvalue weighted by atomic mass is 10.1. The number of nitrogens with one attached hydrogen (secondary N) is 1. The summed E-state index contributed by atoms with van der Waals surface area (Å²) < 4.78 is 38.1. The van der Waals surface area contributed by atoms with E-state index in [1.54, 1.807) is 0 Å². The highest BCUT2D eigenvalue weighted by molar-refractivity contribution is 7.92. The second kappa shape index (κ2) is 9.40. The smallest absolute Gasteiger partial charge is 0.339 e. The zero-order valence-electron chi connectivity index (χ0n) is 17.0. The molecule has 0 heterocycles. The van der Waals surface area contributed by atoms with Gasteiger partial charge in [0.2, 0.25) is 0 Å². The van der Waals surface area contributed by atoms with E-state index >= 15 is 0 Å². The molecule has 0 atom stereocenters. The summed E-state index contributed by atoms with van der Waals surface area (Å²) in [5.41, 5.74) is -0.947. The lowest BCUT2D eigenvalue weighted by Crippen LogP contribution is -2.19. The molecule has 0 aromatic heterocycles. The number of carboxylic acids is 2. The molecule has 0 aliphatic carbocycles. The maximum atomic E-state index is 12.9. The minimum absolute atomic E-state index is 0.0281. The Labute approximate surface area is 188 Å². The van der Waals surface area contributed by atoms with Gasteiger partial charge in [-0.1, -0.05) is 18.2 Å². The van der Waals surface area contributed by atoms with Crippen LogP contribution in [0.1, 0.15) is 31.1 Å². The minimum atomic E-state index is -4.36. The fourth-order valence-electron chi connectivity index (χ4n) is 2.86. The van der Waals surface area contributed by atoms with Gasteiger partial charge in [0.15, 0.2) is 0 Å². The Kier molecular flexibility index (Phi) is 6.64. The van der Waals surface area contributed by atoms with Crippen LogP contribution in [0.15, 0.2) is 71.6 Å². The van der Waals surface area contributed by atoms with E-state index in [4.69, 9.17) is 9.84 Å². The van der Waals surface area contributed by atoms with Gasteiger partial charge in [-0.2, -0.15) is 0 Å². The second-order valence-corrected chi connectivity index (χ2v) is 8.19. The van der Waals surface area contributed by atoms with Gasteiger partial charge in [-0.25, -0.2) is 22.8 Å². The van der Waals surface area contributed by atoms with Crippen LogP contribution in [-0.2, 0) is 14.8 Å². The number of aromatic carboxylic acids is 2. The number of carboxylic acid groups (broad SMARTS) is 2. The maximum Gasteiger partial charge on any atom is 0.339 e. The molecule has 0 saturated heterocycles. The SMILES string of the molecule is COC(=O)c1ccccc1S(=O)(=O)Nc1ccc(Oc2cccc(C(=O)O)c2)cc1C(=O)O. The third-order valence-corrected chi connectivity index (χ3v) is 5.79. The van der Waals surface area contributed by atoms with Crippen molar-refractivity contribution >= 4 is 33.6 Å². The predicted octanol–water partition coefficient (Wildman–Crippen LogP) is 3.46. The van der Waals surface area contributed by atoms with Gasteiger partial charge in [0.25, 0.3) is 10.0 Å². The van der Waals surface area contributed by atoms with Crippen LogP contribution in [0.5, 0.6) is 11.5 Å². The fourth-order valence-corrected chi connectivity index (χ4v) is 4.14. The van der Waals surface area contributed by atoms with Crippen molar-refractivity contribution in [2.45, 2.75) is 4.90 Å². The zero-order chi connectivity index (χ0) is 24.2. The molecule has 0 spiro atoms. The molecule has 0 aliphatic heterocycles. The number of benzene rings is 3. The quantitative estimate of drug-likeness (QED) is 0.419. The molecule has 11 heteroatoms. The first-order chi connectivity index (χ1) is 15.6. The van der Waals surface area contributed by atoms with Gasteiger partial charge >= 0.3 is 17.9 Å². The molecule has 0 fully saturated rings. The molecule has 0 radical (unpaired) electrons. The number of esters is 1. The number of methoxy groups -OCH3 is 1. The third kappa shape index (κ3) is 5.28. The van der Waals surface area contributed by atoms with Crippen molar-refractivity contribution in [3.8, 4) is 11.5 Å². The average molecular weight is 471 g/mol. The molecule has 0 amide bonds. The lowest BCUT2D eigenvalue weighted by Gasteiger charge is -2.14. The first-order valence-corrected chi connectivity index (χ1v) is 10.7. The number of hydrogen-bond donors (Lipinski definition) is 3. The summed E-state index contributed by atoms with van der Waals surface area (Å²) in [4.78, 5) is 34.4. The van der Waals surface area contributed by atoms with Crippen LogP contribution in [-0.4, -0.2) is 43.6 Å². The largest absolute Gasteiger partial charge is 0.478 e.